The Labute approximate surface area is 181 Å². The fourth-order valence-electron chi connectivity index (χ4n) is 3.06. The summed E-state index contributed by atoms with van der Waals surface area (Å²) in [6.07, 6.45) is 0. The third kappa shape index (κ3) is 5.46. The number of thioether (sulfide) groups is 1. The van der Waals surface area contributed by atoms with Crippen LogP contribution in [0.5, 0.6) is 0 Å². The standard InChI is InChI=1S/C23H27N3OS2/c1-14-8-7-9-17(10-14)20(27)24-21-25-26-22(29-21)28-13-19-15(2)11-18(12-16(19)3)23(4,5)6/h7-12H,13H2,1-6H3,(H,24,25,27). The zero-order chi connectivity index (χ0) is 21.2. The quantitative estimate of drug-likeness (QED) is 0.385. The van der Waals surface area contributed by atoms with Gasteiger partial charge in [-0.25, -0.2) is 0 Å². The maximum Gasteiger partial charge on any atom is 0.257 e. The summed E-state index contributed by atoms with van der Waals surface area (Å²) >= 11 is 3.06. The third-order valence-corrected chi connectivity index (χ3v) is 6.81. The van der Waals surface area contributed by atoms with Crippen molar-refractivity contribution in [2.24, 2.45) is 0 Å². The summed E-state index contributed by atoms with van der Waals surface area (Å²) in [6, 6.07) is 12.1. The van der Waals surface area contributed by atoms with Crippen molar-refractivity contribution in [3.8, 4) is 0 Å². The van der Waals surface area contributed by atoms with Crippen LogP contribution in [-0.4, -0.2) is 16.1 Å². The molecule has 3 rings (SSSR count). The summed E-state index contributed by atoms with van der Waals surface area (Å²) in [7, 11) is 0. The SMILES string of the molecule is Cc1cccc(C(=O)Nc2nnc(SCc3c(C)cc(C(C)(C)C)cc3C)s2)c1. The van der Waals surface area contributed by atoms with E-state index in [0.29, 0.717) is 10.7 Å². The molecule has 0 aliphatic heterocycles. The molecule has 0 saturated heterocycles. The maximum absolute atomic E-state index is 12.4. The van der Waals surface area contributed by atoms with E-state index >= 15 is 0 Å². The number of nitrogens with zero attached hydrogens (tertiary/aromatic N) is 2. The van der Waals surface area contributed by atoms with Gasteiger partial charge in [-0.05, 0) is 60.6 Å². The number of hydrogen-bond donors (Lipinski definition) is 1. The summed E-state index contributed by atoms with van der Waals surface area (Å²) in [6.45, 7) is 13.0. The first-order valence-corrected chi connectivity index (χ1v) is 11.4. The van der Waals surface area contributed by atoms with Crippen LogP contribution in [0.2, 0.25) is 0 Å². The van der Waals surface area contributed by atoms with E-state index < -0.39 is 0 Å². The van der Waals surface area contributed by atoms with Gasteiger partial charge in [0.1, 0.15) is 0 Å². The first kappa shape index (κ1) is 21.5. The normalized spacial score (nSPS) is 11.5. The summed E-state index contributed by atoms with van der Waals surface area (Å²) in [4.78, 5) is 12.4. The summed E-state index contributed by atoms with van der Waals surface area (Å²) in [5, 5.41) is 11.7. The Balaban J connectivity index is 1.66. The molecule has 1 amide bonds. The molecule has 0 bridgehead atoms. The van der Waals surface area contributed by atoms with Gasteiger partial charge in [-0.1, -0.05) is 73.7 Å². The molecule has 2 aromatic carbocycles. The summed E-state index contributed by atoms with van der Waals surface area (Å²) in [5.41, 5.74) is 7.13. The molecular weight excluding hydrogens is 398 g/mol. The van der Waals surface area contributed by atoms with Crippen molar-refractivity contribution in [2.75, 3.05) is 5.32 Å². The van der Waals surface area contributed by atoms with E-state index in [0.717, 1.165) is 15.7 Å². The van der Waals surface area contributed by atoms with Crippen LogP contribution < -0.4 is 5.32 Å². The van der Waals surface area contributed by atoms with Crippen molar-refractivity contribution in [2.45, 2.75) is 57.0 Å². The molecule has 1 heterocycles. The molecule has 0 atom stereocenters. The van der Waals surface area contributed by atoms with Gasteiger partial charge in [0.2, 0.25) is 5.13 Å². The number of anilines is 1. The largest absolute Gasteiger partial charge is 0.296 e. The first-order valence-electron chi connectivity index (χ1n) is 9.58. The molecule has 0 saturated carbocycles. The molecule has 1 N–H and O–H groups in total. The van der Waals surface area contributed by atoms with Gasteiger partial charge in [-0.15, -0.1) is 10.2 Å². The fourth-order valence-corrected chi connectivity index (χ4v) is 5.01. The molecule has 152 valence electrons. The van der Waals surface area contributed by atoms with E-state index in [1.807, 2.05) is 25.1 Å². The minimum Gasteiger partial charge on any atom is -0.296 e. The zero-order valence-corrected chi connectivity index (χ0v) is 19.4. The topological polar surface area (TPSA) is 54.9 Å². The van der Waals surface area contributed by atoms with Crippen molar-refractivity contribution in [1.82, 2.24) is 10.2 Å². The minimum atomic E-state index is -0.161. The Morgan fingerprint density at radius 2 is 1.76 bits per heavy atom. The van der Waals surface area contributed by atoms with Crippen LogP contribution in [0, 0.1) is 20.8 Å². The fraction of sp³-hybridized carbons (Fsp3) is 0.348. The predicted octanol–water partition coefficient (Wildman–Crippen LogP) is 6.31. The highest BCUT2D eigenvalue weighted by Crippen LogP contribution is 2.33. The lowest BCUT2D eigenvalue weighted by Gasteiger charge is -2.22. The third-order valence-electron chi connectivity index (χ3n) is 4.81. The number of amides is 1. The molecule has 29 heavy (non-hydrogen) atoms. The van der Waals surface area contributed by atoms with E-state index in [2.05, 4.69) is 62.3 Å². The number of carbonyl (C=O) groups excluding carboxylic acids is 1. The Bertz CT molecular complexity index is 1010. The Morgan fingerprint density at radius 1 is 1.07 bits per heavy atom. The maximum atomic E-state index is 12.4. The number of aromatic nitrogens is 2. The van der Waals surface area contributed by atoms with Gasteiger partial charge in [0, 0.05) is 11.3 Å². The van der Waals surface area contributed by atoms with Crippen LogP contribution in [0.25, 0.3) is 0 Å². The number of benzene rings is 2. The highest BCUT2D eigenvalue weighted by atomic mass is 32.2. The highest BCUT2D eigenvalue weighted by molar-refractivity contribution is 8.00. The van der Waals surface area contributed by atoms with Crippen molar-refractivity contribution >= 4 is 34.1 Å². The molecule has 6 heteroatoms. The van der Waals surface area contributed by atoms with Gasteiger partial charge in [0.15, 0.2) is 4.34 Å². The van der Waals surface area contributed by atoms with Crippen LogP contribution in [0.15, 0.2) is 40.7 Å². The van der Waals surface area contributed by atoms with Crippen LogP contribution >= 0.6 is 23.1 Å². The van der Waals surface area contributed by atoms with Crippen molar-refractivity contribution in [1.29, 1.82) is 0 Å². The molecule has 0 aliphatic rings. The van der Waals surface area contributed by atoms with E-state index in [1.165, 1.54) is 33.6 Å². The van der Waals surface area contributed by atoms with Crippen LogP contribution in [0.4, 0.5) is 5.13 Å². The van der Waals surface area contributed by atoms with Crippen molar-refractivity contribution in [3.05, 3.63) is 69.8 Å². The monoisotopic (exact) mass is 425 g/mol. The average Bonchev–Trinajstić information content (AvgIpc) is 3.07. The number of hydrogen-bond acceptors (Lipinski definition) is 5. The summed E-state index contributed by atoms with van der Waals surface area (Å²) in [5.74, 6) is 0.675. The number of nitrogens with one attached hydrogen (secondary N) is 1. The van der Waals surface area contributed by atoms with Gasteiger partial charge >= 0.3 is 0 Å². The molecule has 1 aromatic heterocycles. The first-order chi connectivity index (χ1) is 13.6. The Morgan fingerprint density at radius 3 is 2.38 bits per heavy atom. The van der Waals surface area contributed by atoms with Gasteiger partial charge < -0.3 is 0 Å². The number of aryl methyl sites for hydroxylation is 3. The highest BCUT2D eigenvalue weighted by Gasteiger charge is 2.17. The zero-order valence-electron chi connectivity index (χ0n) is 17.8. The molecule has 3 aromatic rings. The lowest BCUT2D eigenvalue weighted by molar-refractivity contribution is 0.102. The Hall–Kier alpha value is -2.18. The lowest BCUT2D eigenvalue weighted by Crippen LogP contribution is -2.12. The minimum absolute atomic E-state index is 0.144. The van der Waals surface area contributed by atoms with Crippen LogP contribution in [-0.2, 0) is 11.2 Å². The lowest BCUT2D eigenvalue weighted by atomic mass is 9.84. The molecule has 0 fully saturated rings. The second kappa shape index (κ2) is 8.67. The molecule has 0 radical (unpaired) electrons. The van der Waals surface area contributed by atoms with Gasteiger partial charge in [0.05, 0.1) is 0 Å². The molecule has 0 unspecified atom stereocenters. The second-order valence-electron chi connectivity index (χ2n) is 8.32. The van der Waals surface area contributed by atoms with Gasteiger partial charge in [-0.2, -0.15) is 0 Å². The average molecular weight is 426 g/mol. The van der Waals surface area contributed by atoms with Crippen molar-refractivity contribution < 1.29 is 4.79 Å². The van der Waals surface area contributed by atoms with Crippen LogP contribution in [0.1, 0.15) is 58.9 Å². The Kier molecular flexibility index (Phi) is 6.44. The predicted molar refractivity (Wildman–Crippen MR) is 123 cm³/mol. The van der Waals surface area contributed by atoms with E-state index in [1.54, 1.807) is 17.8 Å². The van der Waals surface area contributed by atoms with Gasteiger partial charge in [0.25, 0.3) is 5.91 Å². The molecule has 0 aliphatic carbocycles. The molecular formula is C23H27N3OS2. The second-order valence-corrected chi connectivity index (χ2v) is 10.5. The van der Waals surface area contributed by atoms with Crippen LogP contribution in [0.3, 0.4) is 0 Å². The van der Waals surface area contributed by atoms with E-state index in [4.69, 9.17) is 0 Å². The number of carbonyl (C=O) groups is 1. The molecule has 4 nitrogen and oxygen atoms in total. The molecule has 0 spiro atoms. The van der Waals surface area contributed by atoms with Gasteiger partial charge in [-0.3, -0.25) is 10.1 Å². The van der Waals surface area contributed by atoms with E-state index in [9.17, 15) is 4.79 Å². The smallest absolute Gasteiger partial charge is 0.257 e. The van der Waals surface area contributed by atoms with E-state index in [-0.39, 0.29) is 11.3 Å². The van der Waals surface area contributed by atoms with Crippen molar-refractivity contribution in [3.63, 3.8) is 0 Å². The summed E-state index contributed by atoms with van der Waals surface area (Å²) < 4.78 is 0.850. The number of rotatable bonds is 5.